The Hall–Kier alpha value is -0.980. The van der Waals surface area contributed by atoms with Crippen molar-refractivity contribution in [1.29, 1.82) is 0 Å². The van der Waals surface area contributed by atoms with E-state index in [0.717, 1.165) is 12.8 Å². The van der Waals surface area contributed by atoms with Crippen molar-refractivity contribution in [2.45, 2.75) is 19.8 Å². The molecule has 54 valence electrons. The molecule has 1 nitrogen and oxygen atoms in total. The summed E-state index contributed by atoms with van der Waals surface area (Å²) in [7, 11) is 0. The Kier molecular flexibility index (Phi) is 2.32. The third-order valence-corrected chi connectivity index (χ3v) is 1.78. The van der Waals surface area contributed by atoms with Gasteiger partial charge in [0.25, 0.3) is 0 Å². The van der Waals surface area contributed by atoms with Crippen LogP contribution < -0.4 is 5.73 Å². The fourth-order valence-corrected chi connectivity index (χ4v) is 1.17. The molecular weight excluding hydrogens is 122 g/mol. The topological polar surface area (TPSA) is 26.0 Å². The molecule has 0 spiro atoms. The Labute approximate surface area is 61.9 Å². The van der Waals surface area contributed by atoms with Gasteiger partial charge in [0.2, 0.25) is 0 Å². The van der Waals surface area contributed by atoms with E-state index >= 15 is 0 Å². The summed E-state index contributed by atoms with van der Waals surface area (Å²) in [4.78, 5) is 0. The molecule has 0 bridgehead atoms. The first-order valence-electron chi connectivity index (χ1n) is 3.62. The van der Waals surface area contributed by atoms with Crippen molar-refractivity contribution in [2.75, 3.05) is 0 Å². The van der Waals surface area contributed by atoms with Crippen LogP contribution in [0, 0.1) is 0 Å². The van der Waals surface area contributed by atoms with Crippen LogP contribution in [0.1, 0.15) is 19.8 Å². The van der Waals surface area contributed by atoms with Crippen molar-refractivity contribution in [3.05, 3.63) is 35.6 Å². The lowest BCUT2D eigenvalue weighted by Gasteiger charge is -2.10. The molecule has 0 aromatic carbocycles. The monoisotopic (exact) mass is 135 g/mol. The van der Waals surface area contributed by atoms with E-state index in [1.54, 1.807) is 6.20 Å². The third-order valence-electron chi connectivity index (χ3n) is 1.78. The van der Waals surface area contributed by atoms with Gasteiger partial charge < -0.3 is 5.73 Å². The van der Waals surface area contributed by atoms with Crippen LogP contribution >= 0.6 is 0 Å². The molecule has 1 rings (SSSR count). The lowest BCUT2D eigenvalue weighted by atomic mass is 9.96. The molecule has 0 aromatic heterocycles. The van der Waals surface area contributed by atoms with Gasteiger partial charge in [-0.1, -0.05) is 18.2 Å². The molecule has 0 amide bonds. The zero-order valence-electron chi connectivity index (χ0n) is 6.30. The molecule has 1 aliphatic rings. The summed E-state index contributed by atoms with van der Waals surface area (Å²) >= 11 is 0. The van der Waals surface area contributed by atoms with Crippen molar-refractivity contribution in [2.24, 2.45) is 5.73 Å². The first-order chi connectivity index (χ1) is 4.88. The van der Waals surface area contributed by atoms with E-state index in [2.05, 4.69) is 25.2 Å². The number of nitrogens with two attached hydrogens (primary N) is 1. The maximum Gasteiger partial charge on any atom is 0.00140 e. The number of hydrogen-bond acceptors (Lipinski definition) is 1. The normalized spacial score (nSPS) is 26.1. The zero-order valence-corrected chi connectivity index (χ0v) is 6.30. The fourth-order valence-electron chi connectivity index (χ4n) is 1.17. The molecule has 2 N–H and O–H groups in total. The molecule has 0 aromatic rings. The minimum Gasteiger partial charge on any atom is -0.404 e. The van der Waals surface area contributed by atoms with E-state index < -0.39 is 0 Å². The van der Waals surface area contributed by atoms with Gasteiger partial charge in [0.05, 0.1) is 0 Å². The Morgan fingerprint density at radius 2 is 2.40 bits per heavy atom. The second kappa shape index (κ2) is 3.25. The highest BCUT2D eigenvalue weighted by atomic mass is 14.5. The molecule has 10 heavy (non-hydrogen) atoms. The lowest BCUT2D eigenvalue weighted by molar-refractivity contribution is 0.962. The maximum atomic E-state index is 5.42. The Morgan fingerprint density at radius 1 is 1.60 bits per heavy atom. The van der Waals surface area contributed by atoms with Crippen LogP contribution in [0.3, 0.4) is 0 Å². The molecule has 0 heterocycles. The summed E-state index contributed by atoms with van der Waals surface area (Å²) in [6, 6.07) is 0. The number of hydrogen-bond donors (Lipinski definition) is 1. The van der Waals surface area contributed by atoms with Crippen LogP contribution in [0.5, 0.6) is 0 Å². The zero-order chi connectivity index (χ0) is 7.40. The number of rotatable bonds is 0. The van der Waals surface area contributed by atoms with E-state index in [1.807, 2.05) is 0 Å². The summed E-state index contributed by atoms with van der Waals surface area (Å²) in [5.74, 6) is 0. The summed E-state index contributed by atoms with van der Waals surface area (Å²) < 4.78 is 0. The smallest absolute Gasteiger partial charge is 0.00140 e. The predicted molar refractivity (Wildman–Crippen MR) is 44.4 cm³/mol. The second-order valence-corrected chi connectivity index (χ2v) is 2.38. The second-order valence-electron chi connectivity index (χ2n) is 2.38. The van der Waals surface area contributed by atoms with E-state index in [9.17, 15) is 0 Å². The Balaban J connectivity index is 2.86. The average Bonchev–Trinajstić information content (AvgIpc) is 2.04. The van der Waals surface area contributed by atoms with Gasteiger partial charge in [-0.15, -0.1) is 0 Å². The first-order valence-corrected chi connectivity index (χ1v) is 3.62. The lowest BCUT2D eigenvalue weighted by Crippen LogP contribution is -1.95. The summed E-state index contributed by atoms with van der Waals surface area (Å²) in [5, 5.41) is 0. The predicted octanol–water partition coefficient (Wildman–Crippen LogP) is 2.13. The van der Waals surface area contributed by atoms with Crippen LogP contribution in [0.2, 0.25) is 0 Å². The van der Waals surface area contributed by atoms with Crippen LogP contribution in [0.15, 0.2) is 35.6 Å². The maximum absolute atomic E-state index is 5.42. The van der Waals surface area contributed by atoms with Crippen LogP contribution in [-0.4, -0.2) is 0 Å². The number of allylic oxidation sites excluding steroid dienone is 5. The van der Waals surface area contributed by atoms with Crippen molar-refractivity contribution in [1.82, 2.24) is 0 Å². The quantitative estimate of drug-likeness (QED) is 0.541. The van der Waals surface area contributed by atoms with Gasteiger partial charge in [0.15, 0.2) is 0 Å². The molecule has 0 fully saturated rings. The summed E-state index contributed by atoms with van der Waals surface area (Å²) in [6.45, 7) is 2.05. The average molecular weight is 135 g/mol. The SMILES string of the molecule is C/C=C1\CCC=C\C1=C\N. The third kappa shape index (κ3) is 1.29. The Morgan fingerprint density at radius 3 is 2.90 bits per heavy atom. The van der Waals surface area contributed by atoms with Crippen molar-refractivity contribution in [3.8, 4) is 0 Å². The standard InChI is InChI=1S/C9H13N/c1-2-8-5-3-4-6-9(8)7-10/h2,4,6-7H,3,5,10H2,1H3/b8-2+,9-7-. The van der Waals surface area contributed by atoms with E-state index in [1.165, 1.54) is 11.1 Å². The minimum absolute atomic E-state index is 1.13. The molecular formula is C9H13N. The molecule has 0 unspecified atom stereocenters. The van der Waals surface area contributed by atoms with Crippen molar-refractivity contribution >= 4 is 0 Å². The molecule has 0 atom stereocenters. The van der Waals surface area contributed by atoms with Gasteiger partial charge in [-0.2, -0.15) is 0 Å². The van der Waals surface area contributed by atoms with Crippen LogP contribution in [0.4, 0.5) is 0 Å². The summed E-state index contributed by atoms with van der Waals surface area (Å²) in [6.07, 6.45) is 10.3. The van der Waals surface area contributed by atoms with Crippen molar-refractivity contribution < 1.29 is 0 Å². The van der Waals surface area contributed by atoms with Crippen molar-refractivity contribution in [3.63, 3.8) is 0 Å². The molecule has 0 saturated carbocycles. The molecule has 0 aliphatic heterocycles. The van der Waals surface area contributed by atoms with Gasteiger partial charge in [0, 0.05) is 6.20 Å². The van der Waals surface area contributed by atoms with E-state index in [-0.39, 0.29) is 0 Å². The Bertz CT molecular complexity index is 197. The molecule has 0 radical (unpaired) electrons. The van der Waals surface area contributed by atoms with Gasteiger partial charge in [0.1, 0.15) is 0 Å². The molecule has 1 heteroatoms. The molecule has 0 saturated heterocycles. The summed E-state index contributed by atoms with van der Waals surface area (Å²) in [5.41, 5.74) is 7.96. The van der Waals surface area contributed by atoms with Gasteiger partial charge in [-0.05, 0) is 30.9 Å². The minimum atomic E-state index is 1.13. The highest BCUT2D eigenvalue weighted by molar-refractivity contribution is 5.41. The van der Waals surface area contributed by atoms with Crippen LogP contribution in [0.25, 0.3) is 0 Å². The highest BCUT2D eigenvalue weighted by Crippen LogP contribution is 2.21. The van der Waals surface area contributed by atoms with Gasteiger partial charge in [-0.3, -0.25) is 0 Å². The van der Waals surface area contributed by atoms with Gasteiger partial charge in [-0.25, -0.2) is 0 Å². The first kappa shape index (κ1) is 7.13. The van der Waals surface area contributed by atoms with Crippen LogP contribution in [-0.2, 0) is 0 Å². The largest absolute Gasteiger partial charge is 0.404 e. The van der Waals surface area contributed by atoms with Gasteiger partial charge >= 0.3 is 0 Å². The highest BCUT2D eigenvalue weighted by Gasteiger charge is 2.03. The van der Waals surface area contributed by atoms with E-state index in [0.29, 0.717) is 0 Å². The fraction of sp³-hybridized carbons (Fsp3) is 0.333. The van der Waals surface area contributed by atoms with E-state index in [4.69, 9.17) is 5.73 Å². The molecule has 1 aliphatic carbocycles.